The van der Waals surface area contributed by atoms with Gasteiger partial charge in [0, 0.05) is 23.4 Å². The number of rotatable bonds is 11. The molecule has 2 rings (SSSR count). The first-order valence-electron chi connectivity index (χ1n) is 9.67. The predicted octanol–water partition coefficient (Wildman–Crippen LogP) is 5.21. The Morgan fingerprint density at radius 3 is 2.50 bits per heavy atom. The topological polar surface area (TPSA) is 44.8 Å². The van der Waals surface area contributed by atoms with Gasteiger partial charge in [-0.15, -0.1) is 0 Å². The number of carbonyl (C=O) groups excluding carboxylic acids is 1. The Hall–Kier alpha value is -1.90. The zero-order valence-corrected chi connectivity index (χ0v) is 18.5. The molecule has 0 radical (unpaired) electrons. The lowest BCUT2D eigenvalue weighted by Crippen LogP contribution is -2.25. The van der Waals surface area contributed by atoms with E-state index in [1.54, 1.807) is 14.2 Å². The molecule has 2 atom stereocenters. The summed E-state index contributed by atoms with van der Waals surface area (Å²) in [7, 11) is 3.74. The van der Waals surface area contributed by atoms with Gasteiger partial charge in [-0.2, -0.15) is 0 Å². The van der Waals surface area contributed by atoms with Gasteiger partial charge < -0.3 is 14.2 Å². The molecule has 0 fully saturated rings. The summed E-state index contributed by atoms with van der Waals surface area (Å²) in [6, 6.07) is 12.1. The number of aldehydes is 1. The Morgan fingerprint density at radius 1 is 1.11 bits per heavy atom. The fraction of sp³-hybridized carbons (Fsp3) is 0.435. The normalized spacial score (nSPS) is 13.5. The number of methoxy groups -OCH3 is 2. The molecular formula is C23H31O4P. The molecule has 28 heavy (non-hydrogen) atoms. The van der Waals surface area contributed by atoms with Crippen molar-refractivity contribution in [2.24, 2.45) is 0 Å². The number of hydrogen-bond donors (Lipinski definition) is 0. The van der Waals surface area contributed by atoms with Crippen LogP contribution in [0.1, 0.15) is 54.6 Å². The van der Waals surface area contributed by atoms with Crippen LogP contribution in [-0.4, -0.2) is 27.3 Å². The second-order valence-electron chi connectivity index (χ2n) is 6.93. The molecule has 2 aromatic carbocycles. The summed E-state index contributed by atoms with van der Waals surface area (Å²) in [6.07, 6.45) is 3.92. The van der Waals surface area contributed by atoms with Gasteiger partial charge in [-0.1, -0.05) is 46.5 Å². The average molecular weight is 402 g/mol. The van der Waals surface area contributed by atoms with Crippen molar-refractivity contribution >= 4 is 20.2 Å². The smallest absolute Gasteiger partial charge is 0.188 e. The van der Waals surface area contributed by atoms with Crippen molar-refractivity contribution in [1.29, 1.82) is 0 Å². The molecular weight excluding hydrogens is 371 g/mol. The van der Waals surface area contributed by atoms with E-state index in [1.807, 2.05) is 25.1 Å². The van der Waals surface area contributed by atoms with Crippen molar-refractivity contribution in [3.63, 3.8) is 0 Å². The van der Waals surface area contributed by atoms with Gasteiger partial charge >= 0.3 is 0 Å². The molecule has 0 spiro atoms. The highest BCUT2D eigenvalue weighted by Crippen LogP contribution is 2.51. The maximum atomic E-state index is 11.7. The molecule has 0 aliphatic heterocycles. The molecule has 0 N–H and O–H groups in total. The second-order valence-corrected chi connectivity index (χ2v) is 8.68. The summed E-state index contributed by atoms with van der Waals surface area (Å²) in [5.74, 6) is 1.61. The van der Waals surface area contributed by atoms with Gasteiger partial charge in [0.2, 0.25) is 0 Å². The first-order chi connectivity index (χ1) is 13.5. The first kappa shape index (κ1) is 22.4. The van der Waals surface area contributed by atoms with Gasteiger partial charge in [0.25, 0.3) is 0 Å². The molecule has 0 saturated carbocycles. The maximum absolute atomic E-state index is 11.7. The van der Waals surface area contributed by atoms with E-state index in [2.05, 4.69) is 32.0 Å². The van der Waals surface area contributed by atoms with Crippen LogP contribution in [0.5, 0.6) is 11.5 Å². The minimum Gasteiger partial charge on any atom is -0.497 e. The molecule has 0 heterocycles. The van der Waals surface area contributed by atoms with Crippen LogP contribution in [-0.2, 0) is 9.89 Å². The molecule has 0 aliphatic rings. The third-order valence-corrected chi connectivity index (χ3v) is 7.10. The molecule has 5 heteroatoms. The van der Waals surface area contributed by atoms with E-state index in [9.17, 15) is 4.79 Å². The maximum Gasteiger partial charge on any atom is 0.188 e. The van der Waals surface area contributed by atoms with Crippen molar-refractivity contribution in [3.8, 4) is 11.5 Å². The van der Waals surface area contributed by atoms with E-state index in [-0.39, 0.29) is 11.9 Å². The zero-order chi connectivity index (χ0) is 20.6. The van der Waals surface area contributed by atoms with E-state index < -0.39 is 0 Å². The second kappa shape index (κ2) is 10.6. The van der Waals surface area contributed by atoms with Crippen LogP contribution < -0.4 is 14.8 Å². The molecule has 0 bridgehead atoms. The highest BCUT2D eigenvalue weighted by molar-refractivity contribution is 7.48. The molecule has 0 amide bonds. The van der Waals surface area contributed by atoms with Crippen LogP contribution in [0.15, 0.2) is 36.4 Å². The summed E-state index contributed by atoms with van der Waals surface area (Å²) < 4.78 is 16.5. The molecule has 0 aromatic heterocycles. The lowest BCUT2D eigenvalue weighted by molar-refractivity contribution is 0.0498. The summed E-state index contributed by atoms with van der Waals surface area (Å²) in [4.78, 5) is 11.7. The minimum atomic E-state index is -0.140. The van der Waals surface area contributed by atoms with Crippen LogP contribution in [0.4, 0.5) is 0 Å². The fourth-order valence-electron chi connectivity index (χ4n) is 3.56. The Bertz CT molecular complexity index is 790. The van der Waals surface area contributed by atoms with Crippen LogP contribution in [0, 0.1) is 6.92 Å². The van der Waals surface area contributed by atoms with Gasteiger partial charge in [-0.3, -0.25) is 4.79 Å². The van der Waals surface area contributed by atoms with Gasteiger partial charge in [-0.05, 0) is 49.3 Å². The Balaban J connectivity index is 2.60. The quantitative estimate of drug-likeness (QED) is 0.294. The SMILES string of the molecule is CCCC(CC)(Pc1ccc(C)cc1C=O)c1cc(OC)ccc1OCOC. The average Bonchev–Trinajstić information content (AvgIpc) is 2.72. The molecule has 152 valence electrons. The largest absolute Gasteiger partial charge is 0.497 e. The minimum absolute atomic E-state index is 0.140. The molecule has 2 aromatic rings. The van der Waals surface area contributed by atoms with Gasteiger partial charge in [0.05, 0.1) is 7.11 Å². The van der Waals surface area contributed by atoms with Crippen LogP contribution in [0.3, 0.4) is 0 Å². The number of benzene rings is 2. The monoisotopic (exact) mass is 402 g/mol. The van der Waals surface area contributed by atoms with Crippen molar-refractivity contribution in [2.75, 3.05) is 21.0 Å². The van der Waals surface area contributed by atoms with Crippen molar-refractivity contribution < 1.29 is 19.0 Å². The zero-order valence-electron chi connectivity index (χ0n) is 17.5. The Kier molecular flexibility index (Phi) is 8.47. The van der Waals surface area contributed by atoms with Crippen molar-refractivity contribution in [1.82, 2.24) is 0 Å². The number of hydrogen-bond acceptors (Lipinski definition) is 4. The summed E-state index contributed by atoms with van der Waals surface area (Å²) in [5.41, 5.74) is 2.98. The molecule has 0 aliphatic carbocycles. The van der Waals surface area contributed by atoms with E-state index in [0.717, 1.165) is 59.0 Å². The molecule has 2 unspecified atom stereocenters. The van der Waals surface area contributed by atoms with E-state index >= 15 is 0 Å². The number of ether oxygens (including phenoxy) is 3. The van der Waals surface area contributed by atoms with E-state index in [4.69, 9.17) is 14.2 Å². The van der Waals surface area contributed by atoms with Gasteiger partial charge in [0.15, 0.2) is 13.1 Å². The first-order valence-corrected chi connectivity index (χ1v) is 10.7. The van der Waals surface area contributed by atoms with E-state index in [1.165, 1.54) is 0 Å². The van der Waals surface area contributed by atoms with E-state index in [0.29, 0.717) is 8.58 Å². The highest BCUT2D eigenvalue weighted by atomic mass is 31.1. The number of carbonyl (C=O) groups is 1. The highest BCUT2D eigenvalue weighted by Gasteiger charge is 2.34. The Morgan fingerprint density at radius 2 is 1.89 bits per heavy atom. The third kappa shape index (κ3) is 5.12. The van der Waals surface area contributed by atoms with Crippen molar-refractivity contribution in [3.05, 3.63) is 53.1 Å². The number of aryl methyl sites for hydroxylation is 1. The van der Waals surface area contributed by atoms with Crippen LogP contribution >= 0.6 is 8.58 Å². The van der Waals surface area contributed by atoms with Crippen molar-refractivity contribution in [2.45, 2.75) is 45.2 Å². The third-order valence-electron chi connectivity index (χ3n) is 5.02. The lowest BCUT2D eigenvalue weighted by Gasteiger charge is -2.35. The molecule has 4 nitrogen and oxygen atoms in total. The fourth-order valence-corrected chi connectivity index (χ4v) is 5.40. The standard InChI is InChI=1S/C23H31O4P/c1-6-12-23(7-2,28-22-11-8-17(3)13-18(22)15-24)20-14-19(26-5)9-10-21(20)27-16-25-4/h8-11,13-15,28H,6-7,12,16H2,1-5H3. The summed E-state index contributed by atoms with van der Waals surface area (Å²) >= 11 is 0. The molecule has 0 saturated heterocycles. The van der Waals surface area contributed by atoms with Gasteiger partial charge in [-0.25, -0.2) is 0 Å². The predicted molar refractivity (Wildman–Crippen MR) is 117 cm³/mol. The summed E-state index contributed by atoms with van der Waals surface area (Å²) in [6.45, 7) is 6.60. The lowest BCUT2D eigenvalue weighted by atomic mass is 9.90. The van der Waals surface area contributed by atoms with Gasteiger partial charge in [0.1, 0.15) is 11.5 Å². The summed E-state index contributed by atoms with van der Waals surface area (Å²) in [5, 5.41) is 0.954. The van der Waals surface area contributed by atoms with Crippen LogP contribution in [0.25, 0.3) is 0 Å². The Labute approximate surface area is 170 Å². The van der Waals surface area contributed by atoms with Crippen LogP contribution in [0.2, 0.25) is 0 Å².